The lowest BCUT2D eigenvalue weighted by molar-refractivity contribution is -0.130. The van der Waals surface area contributed by atoms with Gasteiger partial charge in [0, 0.05) is 34.5 Å². The highest BCUT2D eigenvalue weighted by Gasteiger charge is 2.23. The number of hydrogen-bond donors (Lipinski definition) is 1. The van der Waals surface area contributed by atoms with Gasteiger partial charge in [-0.15, -0.1) is 11.3 Å². The summed E-state index contributed by atoms with van der Waals surface area (Å²) in [5.74, 6) is 1.93. The van der Waals surface area contributed by atoms with Crippen molar-refractivity contribution in [3.8, 4) is 0 Å². The predicted octanol–water partition coefficient (Wildman–Crippen LogP) is 3.63. The second-order valence-electron chi connectivity index (χ2n) is 5.90. The minimum atomic E-state index is -3.78. The summed E-state index contributed by atoms with van der Waals surface area (Å²) < 4.78 is 28.1. The van der Waals surface area contributed by atoms with E-state index in [4.69, 9.17) is 11.6 Å². The minimum absolute atomic E-state index is 0.0344. The van der Waals surface area contributed by atoms with E-state index >= 15 is 0 Å². The molecule has 26 heavy (non-hydrogen) atoms. The molecule has 1 aromatic carbocycles. The summed E-state index contributed by atoms with van der Waals surface area (Å²) in [5.41, 5.74) is 0.953. The highest BCUT2D eigenvalue weighted by atomic mass is 35.5. The Balaban J connectivity index is 1.78. The van der Waals surface area contributed by atoms with Gasteiger partial charge in [-0.2, -0.15) is 11.8 Å². The molecule has 0 saturated carbocycles. The van der Waals surface area contributed by atoms with E-state index in [9.17, 15) is 13.2 Å². The number of rotatable bonds is 5. The number of sulfonamides is 1. The Morgan fingerprint density at radius 3 is 2.73 bits per heavy atom. The third-order valence-electron chi connectivity index (χ3n) is 4.17. The number of benzene rings is 1. The molecule has 2 aromatic rings. The van der Waals surface area contributed by atoms with Gasteiger partial charge in [-0.3, -0.25) is 9.52 Å². The molecule has 1 aliphatic rings. The lowest BCUT2D eigenvalue weighted by Gasteiger charge is -2.26. The first-order valence-corrected chi connectivity index (χ1v) is 12.0. The van der Waals surface area contributed by atoms with Crippen LogP contribution in [-0.2, 0) is 21.2 Å². The lowest BCUT2D eigenvalue weighted by Crippen LogP contribution is -2.38. The fraction of sp³-hybridized carbons (Fsp3) is 0.353. The monoisotopic (exact) mass is 430 g/mol. The Bertz CT molecular complexity index is 906. The zero-order chi connectivity index (χ0) is 18.7. The number of carbonyl (C=O) groups is 1. The zero-order valence-corrected chi connectivity index (χ0v) is 17.4. The summed E-state index contributed by atoms with van der Waals surface area (Å²) in [6.07, 6.45) is 0.203. The van der Waals surface area contributed by atoms with Crippen molar-refractivity contribution in [1.29, 1.82) is 0 Å². The molecule has 0 atom stereocenters. The molecular formula is C17H19ClN2O3S3. The van der Waals surface area contributed by atoms with Gasteiger partial charge in [-0.05, 0) is 36.1 Å². The molecule has 5 nitrogen and oxygen atoms in total. The maximum atomic E-state index is 12.7. The topological polar surface area (TPSA) is 66.5 Å². The molecule has 1 aromatic heterocycles. The summed E-state index contributed by atoms with van der Waals surface area (Å²) >= 11 is 9.27. The van der Waals surface area contributed by atoms with Crippen LogP contribution in [0.5, 0.6) is 0 Å². The van der Waals surface area contributed by atoms with Crippen LogP contribution < -0.4 is 4.72 Å². The van der Waals surface area contributed by atoms with Gasteiger partial charge < -0.3 is 4.90 Å². The first-order chi connectivity index (χ1) is 12.4. The Kier molecular flexibility index (Phi) is 6.17. The number of hydrogen-bond acceptors (Lipinski definition) is 5. The lowest BCUT2D eigenvalue weighted by atomic mass is 10.2. The molecule has 1 aliphatic heterocycles. The summed E-state index contributed by atoms with van der Waals surface area (Å²) in [7, 11) is -3.78. The number of thiophene rings is 1. The third-order valence-corrected chi connectivity index (χ3v) is 7.96. The third kappa shape index (κ3) is 4.36. The molecular weight excluding hydrogens is 412 g/mol. The van der Waals surface area contributed by atoms with Crippen molar-refractivity contribution in [2.24, 2.45) is 0 Å². The number of thioether (sulfide) groups is 1. The van der Waals surface area contributed by atoms with Crippen LogP contribution >= 0.6 is 34.7 Å². The smallest absolute Gasteiger partial charge is 0.262 e. The molecule has 1 N–H and O–H groups in total. The Labute approximate surface area is 166 Å². The number of nitrogens with one attached hydrogen (secondary N) is 1. The normalized spacial score (nSPS) is 15.1. The van der Waals surface area contributed by atoms with Gasteiger partial charge in [0.1, 0.15) is 0 Å². The second-order valence-corrected chi connectivity index (χ2v) is 10.2. The molecule has 140 valence electrons. The molecule has 0 bridgehead atoms. The Morgan fingerprint density at radius 1 is 1.27 bits per heavy atom. The van der Waals surface area contributed by atoms with E-state index in [1.54, 1.807) is 30.5 Å². The second kappa shape index (κ2) is 8.21. The van der Waals surface area contributed by atoms with Crippen molar-refractivity contribution in [3.05, 3.63) is 45.1 Å². The quantitative estimate of drug-likeness (QED) is 0.786. The van der Waals surface area contributed by atoms with Crippen LogP contribution in [0.15, 0.2) is 34.5 Å². The fourth-order valence-corrected chi connectivity index (χ4v) is 6.09. The van der Waals surface area contributed by atoms with E-state index in [0.717, 1.165) is 29.5 Å². The van der Waals surface area contributed by atoms with Crippen LogP contribution in [0.4, 0.5) is 5.69 Å². The number of anilines is 1. The van der Waals surface area contributed by atoms with Crippen LogP contribution in [0, 0.1) is 6.92 Å². The predicted molar refractivity (Wildman–Crippen MR) is 109 cm³/mol. The fourth-order valence-electron chi connectivity index (χ4n) is 2.71. The maximum Gasteiger partial charge on any atom is 0.262 e. The number of halogens is 1. The minimum Gasteiger partial charge on any atom is -0.341 e. The van der Waals surface area contributed by atoms with E-state index in [1.165, 1.54) is 17.4 Å². The molecule has 3 rings (SSSR count). The van der Waals surface area contributed by atoms with Crippen molar-refractivity contribution in [3.63, 3.8) is 0 Å². The van der Waals surface area contributed by atoms with Crippen molar-refractivity contribution >= 4 is 56.3 Å². The Morgan fingerprint density at radius 2 is 2.00 bits per heavy atom. The molecule has 0 unspecified atom stereocenters. The average molecular weight is 431 g/mol. The molecule has 0 spiro atoms. The van der Waals surface area contributed by atoms with Gasteiger partial charge in [0.2, 0.25) is 5.91 Å². The molecule has 0 aliphatic carbocycles. The van der Waals surface area contributed by atoms with Crippen molar-refractivity contribution < 1.29 is 13.2 Å². The number of amides is 1. The van der Waals surface area contributed by atoms with Crippen LogP contribution in [0.2, 0.25) is 5.02 Å². The summed E-state index contributed by atoms with van der Waals surface area (Å²) in [6.45, 7) is 3.17. The SMILES string of the molecule is Cc1c(Cl)cccc1S(=O)(=O)Nc1ccsc1CC(=O)N1CCSCC1. The van der Waals surface area contributed by atoms with Gasteiger partial charge in [0.05, 0.1) is 17.0 Å². The summed E-state index contributed by atoms with van der Waals surface area (Å²) in [4.78, 5) is 15.2. The van der Waals surface area contributed by atoms with E-state index in [-0.39, 0.29) is 17.2 Å². The van der Waals surface area contributed by atoms with E-state index in [1.807, 2.05) is 16.7 Å². The van der Waals surface area contributed by atoms with Gasteiger partial charge in [0.25, 0.3) is 10.0 Å². The standard InChI is InChI=1S/C17H19ClN2O3S3/c1-12-13(18)3-2-4-16(12)26(22,23)19-14-5-8-25-15(14)11-17(21)20-6-9-24-10-7-20/h2-5,8,19H,6-7,9-11H2,1H3. The number of nitrogens with zero attached hydrogens (tertiary/aromatic N) is 1. The Hall–Kier alpha value is -1.22. The summed E-state index contributed by atoms with van der Waals surface area (Å²) in [6, 6.07) is 6.47. The zero-order valence-electron chi connectivity index (χ0n) is 14.2. The van der Waals surface area contributed by atoms with Crippen molar-refractivity contribution in [2.75, 3.05) is 29.3 Å². The van der Waals surface area contributed by atoms with Crippen LogP contribution in [-0.4, -0.2) is 43.8 Å². The first kappa shape index (κ1) is 19.5. The summed E-state index contributed by atoms with van der Waals surface area (Å²) in [5, 5.41) is 2.19. The van der Waals surface area contributed by atoms with Crippen LogP contribution in [0.3, 0.4) is 0 Å². The van der Waals surface area contributed by atoms with Gasteiger partial charge >= 0.3 is 0 Å². The van der Waals surface area contributed by atoms with Crippen molar-refractivity contribution in [1.82, 2.24) is 4.90 Å². The van der Waals surface area contributed by atoms with Gasteiger partial charge in [-0.1, -0.05) is 17.7 Å². The van der Waals surface area contributed by atoms with Gasteiger partial charge in [-0.25, -0.2) is 8.42 Å². The van der Waals surface area contributed by atoms with Crippen LogP contribution in [0.25, 0.3) is 0 Å². The largest absolute Gasteiger partial charge is 0.341 e. The molecule has 1 saturated heterocycles. The molecule has 1 fully saturated rings. The average Bonchev–Trinajstić information content (AvgIpc) is 3.04. The highest BCUT2D eigenvalue weighted by Crippen LogP contribution is 2.29. The number of carbonyl (C=O) groups excluding carboxylic acids is 1. The van der Waals surface area contributed by atoms with Crippen LogP contribution in [0.1, 0.15) is 10.4 Å². The highest BCUT2D eigenvalue weighted by molar-refractivity contribution is 7.99. The molecule has 1 amide bonds. The van der Waals surface area contributed by atoms with E-state index in [0.29, 0.717) is 16.3 Å². The first-order valence-electron chi connectivity index (χ1n) is 8.08. The molecule has 2 heterocycles. The van der Waals surface area contributed by atoms with Gasteiger partial charge in [0.15, 0.2) is 0 Å². The molecule has 0 radical (unpaired) electrons. The van der Waals surface area contributed by atoms with E-state index < -0.39 is 10.0 Å². The molecule has 9 heteroatoms. The maximum absolute atomic E-state index is 12.7. The van der Waals surface area contributed by atoms with E-state index in [2.05, 4.69) is 4.72 Å². The van der Waals surface area contributed by atoms with Crippen molar-refractivity contribution in [2.45, 2.75) is 18.2 Å².